The zero-order chi connectivity index (χ0) is 18.4. The predicted molar refractivity (Wildman–Crippen MR) is 98.0 cm³/mol. The number of esters is 1. The van der Waals surface area contributed by atoms with E-state index in [-0.39, 0.29) is 11.9 Å². The lowest BCUT2D eigenvalue weighted by atomic mass is 9.91. The summed E-state index contributed by atoms with van der Waals surface area (Å²) in [7, 11) is 0. The van der Waals surface area contributed by atoms with Gasteiger partial charge in [0.2, 0.25) is 0 Å². The quantitative estimate of drug-likeness (QED) is 0.509. The summed E-state index contributed by atoms with van der Waals surface area (Å²) in [6, 6.07) is 1.72. The van der Waals surface area contributed by atoms with E-state index in [1.54, 1.807) is 13.0 Å². The van der Waals surface area contributed by atoms with E-state index >= 15 is 0 Å². The second-order valence-electron chi connectivity index (χ2n) is 6.52. The summed E-state index contributed by atoms with van der Waals surface area (Å²) in [4.78, 5) is 12.3. The predicted octanol–water partition coefficient (Wildman–Crippen LogP) is 4.14. The smallest absolute Gasteiger partial charge is 0.341 e. The summed E-state index contributed by atoms with van der Waals surface area (Å²) in [6.45, 7) is 10.0. The summed E-state index contributed by atoms with van der Waals surface area (Å²) in [5, 5.41) is 10.0. The van der Waals surface area contributed by atoms with Crippen molar-refractivity contribution in [1.29, 1.82) is 0 Å². The first-order chi connectivity index (χ1) is 11.9. The van der Waals surface area contributed by atoms with Gasteiger partial charge in [0, 0.05) is 19.3 Å². The maximum Gasteiger partial charge on any atom is 0.341 e. The molecule has 2 heterocycles. The Morgan fingerprint density at radius 2 is 2.24 bits per heavy atom. The molecule has 1 aliphatic heterocycles. The van der Waals surface area contributed by atoms with Crippen LogP contribution in [-0.4, -0.2) is 23.8 Å². The van der Waals surface area contributed by atoms with Crippen molar-refractivity contribution in [3.05, 3.63) is 40.9 Å². The van der Waals surface area contributed by atoms with Crippen LogP contribution in [0.1, 0.15) is 61.9 Å². The number of hydrogen-bond donors (Lipinski definition) is 1. The van der Waals surface area contributed by atoms with E-state index in [0.29, 0.717) is 43.0 Å². The highest BCUT2D eigenvalue weighted by atomic mass is 16.5. The van der Waals surface area contributed by atoms with Crippen LogP contribution in [0.25, 0.3) is 6.08 Å². The van der Waals surface area contributed by atoms with Gasteiger partial charge in [-0.2, -0.15) is 0 Å². The van der Waals surface area contributed by atoms with Gasteiger partial charge in [-0.05, 0) is 45.3 Å². The molecule has 2 bridgehead atoms. The number of allylic oxidation sites excluding steroid dienone is 1. The van der Waals surface area contributed by atoms with Gasteiger partial charge in [0.1, 0.15) is 23.2 Å². The molecule has 2 rings (SSSR count). The molecule has 1 aromatic heterocycles. The Morgan fingerprint density at radius 1 is 1.48 bits per heavy atom. The van der Waals surface area contributed by atoms with Crippen LogP contribution in [0, 0.1) is 17.8 Å². The van der Waals surface area contributed by atoms with Gasteiger partial charge in [0.05, 0.1) is 6.61 Å². The third kappa shape index (κ3) is 5.37. The van der Waals surface area contributed by atoms with Crippen LogP contribution >= 0.6 is 0 Å². The first-order valence-electron chi connectivity index (χ1n) is 8.69. The summed E-state index contributed by atoms with van der Waals surface area (Å²) in [5.41, 5.74) is 2.43. The summed E-state index contributed by atoms with van der Waals surface area (Å²) < 4.78 is 11.1. The van der Waals surface area contributed by atoms with Crippen molar-refractivity contribution in [3.63, 3.8) is 0 Å². The average Bonchev–Trinajstić information content (AvgIpc) is 2.92. The van der Waals surface area contributed by atoms with E-state index in [1.165, 1.54) is 0 Å². The number of rotatable bonds is 3. The van der Waals surface area contributed by atoms with Gasteiger partial charge in [-0.15, -0.1) is 5.92 Å². The average molecular weight is 342 g/mol. The fraction of sp³-hybridized carbons (Fsp3) is 0.476. The molecule has 0 spiro atoms. The third-order valence-corrected chi connectivity index (χ3v) is 4.24. The Balaban J connectivity index is 2.44. The van der Waals surface area contributed by atoms with E-state index in [1.807, 2.05) is 19.9 Å². The van der Waals surface area contributed by atoms with Gasteiger partial charge in [0.15, 0.2) is 0 Å². The molecule has 134 valence electrons. The van der Waals surface area contributed by atoms with Crippen LogP contribution in [-0.2, 0) is 11.2 Å². The maximum absolute atomic E-state index is 12.3. The van der Waals surface area contributed by atoms with Crippen LogP contribution in [0.5, 0.6) is 0 Å². The van der Waals surface area contributed by atoms with Gasteiger partial charge < -0.3 is 14.3 Å². The molecule has 1 N–H and O–H groups in total. The molecule has 2 atom stereocenters. The number of carbonyl (C=O) groups is 1. The van der Waals surface area contributed by atoms with Gasteiger partial charge in [0.25, 0.3) is 0 Å². The Labute approximate surface area is 149 Å². The van der Waals surface area contributed by atoms with Crippen molar-refractivity contribution in [1.82, 2.24) is 0 Å². The largest absolute Gasteiger partial charge is 0.462 e. The van der Waals surface area contributed by atoms with E-state index in [2.05, 4.69) is 18.4 Å². The summed E-state index contributed by atoms with van der Waals surface area (Å²) in [6.07, 6.45) is 3.64. The lowest BCUT2D eigenvalue weighted by Crippen LogP contribution is -2.11. The zero-order valence-corrected chi connectivity index (χ0v) is 15.2. The summed E-state index contributed by atoms with van der Waals surface area (Å²) >= 11 is 0. The second-order valence-corrected chi connectivity index (χ2v) is 6.52. The molecule has 0 saturated carbocycles. The van der Waals surface area contributed by atoms with Crippen molar-refractivity contribution in [2.75, 3.05) is 6.61 Å². The minimum atomic E-state index is -0.695. The van der Waals surface area contributed by atoms with Gasteiger partial charge in [-0.1, -0.05) is 23.6 Å². The van der Waals surface area contributed by atoms with Crippen molar-refractivity contribution < 1.29 is 19.1 Å². The van der Waals surface area contributed by atoms with Gasteiger partial charge in [-0.3, -0.25) is 0 Å². The molecule has 1 aromatic rings. The van der Waals surface area contributed by atoms with Crippen LogP contribution in [0.4, 0.5) is 0 Å². The van der Waals surface area contributed by atoms with E-state index in [4.69, 9.17) is 9.15 Å². The van der Waals surface area contributed by atoms with Gasteiger partial charge in [-0.25, -0.2) is 4.79 Å². The van der Waals surface area contributed by atoms with E-state index < -0.39 is 6.10 Å². The molecule has 0 saturated heterocycles. The van der Waals surface area contributed by atoms with Crippen molar-refractivity contribution >= 4 is 12.0 Å². The number of hydrogen-bond acceptors (Lipinski definition) is 4. The lowest BCUT2D eigenvalue weighted by molar-refractivity contribution is 0.0523. The van der Waals surface area contributed by atoms with Crippen molar-refractivity contribution in [3.8, 4) is 11.8 Å². The normalized spacial score (nSPS) is 23.0. The molecule has 0 aliphatic carbocycles. The highest BCUT2D eigenvalue weighted by Crippen LogP contribution is 2.27. The molecule has 4 heteroatoms. The monoisotopic (exact) mass is 342 g/mol. The minimum Gasteiger partial charge on any atom is -0.462 e. The second kappa shape index (κ2) is 8.73. The molecular weight excluding hydrogens is 316 g/mol. The molecule has 1 aliphatic rings. The van der Waals surface area contributed by atoms with Crippen LogP contribution in [0.15, 0.2) is 28.2 Å². The van der Waals surface area contributed by atoms with Crippen molar-refractivity contribution in [2.45, 2.75) is 52.6 Å². The number of fused-ring (bicyclic) bond motifs is 2. The Kier molecular flexibility index (Phi) is 6.66. The Morgan fingerprint density at radius 3 is 2.92 bits per heavy atom. The Bertz CT molecular complexity index is 727. The molecule has 0 aromatic carbocycles. The molecule has 0 amide bonds. The lowest BCUT2D eigenvalue weighted by Gasteiger charge is -2.15. The van der Waals surface area contributed by atoms with Crippen LogP contribution < -0.4 is 0 Å². The number of furan rings is 1. The van der Waals surface area contributed by atoms with Crippen molar-refractivity contribution in [2.24, 2.45) is 5.92 Å². The number of carbonyl (C=O) groups excluding carboxylic acids is 1. The topological polar surface area (TPSA) is 59.7 Å². The Hall–Kier alpha value is -2.25. The molecular formula is C21H26O4. The highest BCUT2D eigenvalue weighted by molar-refractivity contribution is 5.91. The van der Waals surface area contributed by atoms with Gasteiger partial charge >= 0.3 is 5.97 Å². The zero-order valence-electron chi connectivity index (χ0n) is 15.2. The highest BCUT2D eigenvalue weighted by Gasteiger charge is 2.22. The number of ether oxygens (including phenoxy) is 1. The van der Waals surface area contributed by atoms with E-state index in [0.717, 1.165) is 17.6 Å². The molecule has 0 radical (unpaired) electrons. The fourth-order valence-corrected chi connectivity index (χ4v) is 2.89. The number of aliphatic hydroxyl groups excluding tert-OH is 1. The molecule has 0 unspecified atom stereocenters. The minimum absolute atomic E-state index is 0.157. The van der Waals surface area contributed by atoms with Crippen LogP contribution in [0.3, 0.4) is 0 Å². The third-order valence-electron chi connectivity index (χ3n) is 4.24. The standard InChI is InChI=1S/C21H26O4/c1-5-24-21(23)19-13-18-11-15(4)10-17(22)9-7-6-8-16(14(2)3)12-20(19)25-18/h11,13,16-17,22H,2,5-6,8,10,12H2,1,3-4H3/b15-11+/t16-,17-/m0/s1. The van der Waals surface area contributed by atoms with Crippen LogP contribution in [0.2, 0.25) is 0 Å². The first kappa shape index (κ1) is 19.1. The SMILES string of the molecule is C=C(C)[C@H]1CCC#C[C@H](O)C/C(C)=C/c2cc(C(=O)OCC)c(o2)C1. The fourth-order valence-electron chi connectivity index (χ4n) is 2.89. The molecule has 0 fully saturated rings. The molecule has 25 heavy (non-hydrogen) atoms. The summed E-state index contributed by atoms with van der Waals surface area (Å²) in [5.74, 6) is 6.94. The maximum atomic E-state index is 12.3. The van der Waals surface area contributed by atoms with E-state index in [9.17, 15) is 9.90 Å². The number of aliphatic hydroxyl groups is 1. The first-order valence-corrected chi connectivity index (χ1v) is 8.69. The molecule has 4 nitrogen and oxygen atoms in total.